The zero-order chi connectivity index (χ0) is 28.3. The average molecular weight is 576 g/mol. The highest BCUT2D eigenvalue weighted by molar-refractivity contribution is 8.18. The molecular formula is C30H25NO7S2. The van der Waals surface area contributed by atoms with E-state index in [2.05, 4.69) is 0 Å². The Morgan fingerprint density at radius 1 is 0.875 bits per heavy atom. The Morgan fingerprint density at radius 3 is 2.35 bits per heavy atom. The summed E-state index contributed by atoms with van der Waals surface area (Å²) < 4.78 is 42.8. The lowest BCUT2D eigenvalue weighted by Crippen LogP contribution is -2.32. The lowest BCUT2D eigenvalue weighted by molar-refractivity contribution is -0.123. The first-order valence-electron chi connectivity index (χ1n) is 12.3. The van der Waals surface area contributed by atoms with Gasteiger partial charge in [-0.25, -0.2) is 0 Å². The molecule has 1 saturated heterocycles. The Morgan fingerprint density at radius 2 is 1.57 bits per heavy atom. The molecule has 0 atom stereocenters. The van der Waals surface area contributed by atoms with Crippen LogP contribution in [0.15, 0.2) is 94.7 Å². The molecule has 4 aromatic rings. The number of rotatable bonds is 9. The van der Waals surface area contributed by atoms with Crippen molar-refractivity contribution in [2.24, 2.45) is 0 Å². The van der Waals surface area contributed by atoms with Crippen LogP contribution in [-0.2, 0) is 14.9 Å². The molecule has 0 N–H and O–H groups in total. The highest BCUT2D eigenvalue weighted by atomic mass is 32.2. The largest absolute Gasteiger partial charge is 0.493 e. The van der Waals surface area contributed by atoms with Crippen molar-refractivity contribution in [2.45, 2.75) is 11.8 Å². The molecule has 1 aliphatic rings. The van der Waals surface area contributed by atoms with Crippen LogP contribution >= 0.6 is 11.8 Å². The highest BCUT2D eigenvalue weighted by Crippen LogP contribution is 2.38. The van der Waals surface area contributed by atoms with E-state index in [1.807, 2.05) is 49.4 Å². The third-order valence-corrected chi connectivity index (χ3v) is 8.36. The van der Waals surface area contributed by atoms with Gasteiger partial charge in [0, 0.05) is 10.9 Å². The lowest BCUT2D eigenvalue weighted by atomic mass is 10.1. The predicted molar refractivity (Wildman–Crippen MR) is 154 cm³/mol. The number of fused-ring (bicyclic) bond motifs is 1. The van der Waals surface area contributed by atoms with Crippen LogP contribution in [-0.4, -0.2) is 44.7 Å². The van der Waals surface area contributed by atoms with Crippen LogP contribution in [0.1, 0.15) is 11.1 Å². The number of hydrogen-bond acceptors (Lipinski definition) is 8. The van der Waals surface area contributed by atoms with E-state index in [0.29, 0.717) is 5.75 Å². The summed E-state index contributed by atoms with van der Waals surface area (Å²) in [7, 11) is -2.82. The van der Waals surface area contributed by atoms with Gasteiger partial charge in [0.05, 0.1) is 18.6 Å². The van der Waals surface area contributed by atoms with Crippen molar-refractivity contribution in [1.29, 1.82) is 0 Å². The first-order valence-corrected chi connectivity index (χ1v) is 14.5. The summed E-state index contributed by atoms with van der Waals surface area (Å²) in [5.74, 6) is 0.226. The number of methoxy groups -OCH3 is 1. The van der Waals surface area contributed by atoms with Crippen molar-refractivity contribution in [3.8, 4) is 17.2 Å². The fourth-order valence-electron chi connectivity index (χ4n) is 4.16. The number of para-hydroxylation sites is 1. The van der Waals surface area contributed by atoms with Crippen LogP contribution in [0.3, 0.4) is 0 Å². The van der Waals surface area contributed by atoms with Crippen molar-refractivity contribution in [3.05, 3.63) is 101 Å². The van der Waals surface area contributed by atoms with Gasteiger partial charge in [-0.1, -0.05) is 66.2 Å². The number of aryl methyl sites for hydroxylation is 1. The normalized spacial score (nSPS) is 14.7. The number of benzene rings is 4. The molecule has 204 valence electrons. The van der Waals surface area contributed by atoms with Gasteiger partial charge in [-0.05, 0) is 54.4 Å². The molecule has 0 spiro atoms. The standard InChI is InChI=1S/C30H25NO7S2/c1-20-13-15-23(16-14-20)40(34,35)38-28-22(9-6-12-26(28)36-2)19-27-29(32)31(30(33)39-27)17-18-37-25-11-5-8-21-7-3-4-10-24(21)25/h3-16,19H,17-18H2,1-2H3/b27-19-. The van der Waals surface area contributed by atoms with E-state index in [-0.39, 0.29) is 40.0 Å². The summed E-state index contributed by atoms with van der Waals surface area (Å²) in [5, 5.41) is 1.51. The van der Waals surface area contributed by atoms with Gasteiger partial charge in [0.2, 0.25) is 0 Å². The van der Waals surface area contributed by atoms with E-state index >= 15 is 0 Å². The summed E-state index contributed by atoms with van der Waals surface area (Å²) in [6.07, 6.45) is 1.43. The second kappa shape index (κ2) is 11.4. The van der Waals surface area contributed by atoms with E-state index < -0.39 is 21.3 Å². The smallest absolute Gasteiger partial charge is 0.339 e. The molecule has 5 rings (SSSR count). The molecular weight excluding hydrogens is 550 g/mol. The van der Waals surface area contributed by atoms with Gasteiger partial charge in [0.25, 0.3) is 11.1 Å². The predicted octanol–water partition coefficient (Wildman–Crippen LogP) is 6.04. The monoisotopic (exact) mass is 575 g/mol. The average Bonchev–Trinajstić information content (AvgIpc) is 3.21. The van der Waals surface area contributed by atoms with Crippen LogP contribution in [0.4, 0.5) is 4.79 Å². The number of amides is 2. The van der Waals surface area contributed by atoms with E-state index in [1.54, 1.807) is 30.3 Å². The number of thioether (sulfide) groups is 1. The van der Waals surface area contributed by atoms with Gasteiger partial charge in [0.15, 0.2) is 11.5 Å². The summed E-state index contributed by atoms with van der Waals surface area (Å²) in [6.45, 7) is 2.01. The van der Waals surface area contributed by atoms with E-state index in [0.717, 1.165) is 33.0 Å². The van der Waals surface area contributed by atoms with Gasteiger partial charge in [-0.2, -0.15) is 8.42 Å². The van der Waals surface area contributed by atoms with Gasteiger partial charge in [0.1, 0.15) is 17.3 Å². The molecule has 4 aromatic carbocycles. The summed E-state index contributed by atoms with van der Waals surface area (Å²) in [5.41, 5.74) is 1.17. The Bertz CT molecular complexity index is 1730. The van der Waals surface area contributed by atoms with E-state index in [1.165, 1.54) is 25.3 Å². The maximum atomic E-state index is 13.1. The second-order valence-electron chi connectivity index (χ2n) is 8.89. The Hall–Kier alpha value is -4.28. The number of carbonyl (C=O) groups is 2. The Balaban J connectivity index is 1.35. The summed E-state index contributed by atoms with van der Waals surface area (Å²) in [6, 6.07) is 24.5. The SMILES string of the molecule is COc1cccc(/C=C2\SC(=O)N(CCOc3cccc4ccccc34)C2=O)c1OS(=O)(=O)c1ccc(C)cc1. The van der Waals surface area contributed by atoms with Crippen molar-refractivity contribution < 1.29 is 31.7 Å². The van der Waals surface area contributed by atoms with Crippen LogP contribution in [0, 0.1) is 6.92 Å². The molecule has 1 heterocycles. The molecule has 0 aromatic heterocycles. The fraction of sp³-hybridized carbons (Fsp3) is 0.133. The van der Waals surface area contributed by atoms with E-state index in [9.17, 15) is 18.0 Å². The molecule has 0 radical (unpaired) electrons. The Kier molecular flexibility index (Phi) is 7.81. The van der Waals surface area contributed by atoms with Crippen LogP contribution in [0.2, 0.25) is 0 Å². The van der Waals surface area contributed by atoms with Crippen LogP contribution in [0.5, 0.6) is 17.2 Å². The number of carbonyl (C=O) groups excluding carboxylic acids is 2. The van der Waals surface area contributed by atoms with Gasteiger partial charge < -0.3 is 13.7 Å². The molecule has 8 nitrogen and oxygen atoms in total. The number of imide groups is 1. The topological polar surface area (TPSA) is 99.2 Å². The van der Waals surface area contributed by atoms with Gasteiger partial charge in [-0.3, -0.25) is 14.5 Å². The minimum Gasteiger partial charge on any atom is -0.493 e. The first kappa shape index (κ1) is 27.3. The Labute approximate surface area is 236 Å². The molecule has 0 saturated carbocycles. The molecule has 1 fully saturated rings. The van der Waals surface area contributed by atoms with Crippen LogP contribution < -0.4 is 13.7 Å². The summed E-state index contributed by atoms with van der Waals surface area (Å²) in [4.78, 5) is 27.1. The molecule has 1 aliphatic heterocycles. The number of ether oxygens (including phenoxy) is 2. The van der Waals surface area contributed by atoms with Crippen molar-refractivity contribution in [3.63, 3.8) is 0 Å². The molecule has 2 amide bonds. The summed E-state index contributed by atoms with van der Waals surface area (Å²) >= 11 is 0.761. The molecule has 0 unspecified atom stereocenters. The first-order chi connectivity index (χ1) is 19.3. The zero-order valence-electron chi connectivity index (χ0n) is 21.7. The zero-order valence-corrected chi connectivity index (χ0v) is 23.3. The number of hydrogen-bond donors (Lipinski definition) is 0. The van der Waals surface area contributed by atoms with Gasteiger partial charge >= 0.3 is 10.1 Å². The second-order valence-corrected chi connectivity index (χ2v) is 11.4. The molecule has 10 heteroatoms. The van der Waals surface area contributed by atoms with Gasteiger partial charge in [-0.15, -0.1) is 0 Å². The molecule has 40 heavy (non-hydrogen) atoms. The minimum absolute atomic E-state index is 0.0264. The van der Waals surface area contributed by atoms with E-state index in [4.69, 9.17) is 13.7 Å². The van der Waals surface area contributed by atoms with Crippen molar-refractivity contribution in [1.82, 2.24) is 4.90 Å². The van der Waals surface area contributed by atoms with Crippen LogP contribution in [0.25, 0.3) is 16.8 Å². The molecule has 0 aliphatic carbocycles. The maximum absolute atomic E-state index is 13.1. The molecule has 0 bridgehead atoms. The minimum atomic E-state index is -4.20. The highest BCUT2D eigenvalue weighted by Gasteiger charge is 2.35. The fourth-order valence-corrected chi connectivity index (χ4v) is 5.98. The number of nitrogens with zero attached hydrogens (tertiary/aromatic N) is 1. The lowest BCUT2D eigenvalue weighted by Gasteiger charge is -2.15. The van der Waals surface area contributed by atoms with Crippen molar-refractivity contribution >= 4 is 49.9 Å². The maximum Gasteiger partial charge on any atom is 0.339 e. The quantitative estimate of drug-likeness (QED) is 0.176. The third kappa shape index (κ3) is 5.68. The van der Waals surface area contributed by atoms with Crippen molar-refractivity contribution in [2.75, 3.05) is 20.3 Å². The third-order valence-electron chi connectivity index (χ3n) is 6.21.